The van der Waals surface area contributed by atoms with Gasteiger partial charge in [0.15, 0.2) is 5.60 Å². The first-order valence-electron chi connectivity index (χ1n) is 9.93. The minimum Gasteiger partial charge on any atom is -0.455 e. The molecule has 7 heteroatoms. The van der Waals surface area contributed by atoms with E-state index in [1.54, 1.807) is 31.2 Å². The number of hydrogen-bond acceptors (Lipinski definition) is 7. The van der Waals surface area contributed by atoms with Gasteiger partial charge < -0.3 is 4.74 Å². The summed E-state index contributed by atoms with van der Waals surface area (Å²) in [6.07, 6.45) is 2.40. The van der Waals surface area contributed by atoms with E-state index in [1.807, 2.05) is 24.8 Å². The second-order valence-electron chi connectivity index (χ2n) is 8.09. The van der Waals surface area contributed by atoms with Crippen LogP contribution in [0.25, 0.3) is 0 Å². The summed E-state index contributed by atoms with van der Waals surface area (Å²) in [4.78, 5) is 28.9. The summed E-state index contributed by atoms with van der Waals surface area (Å²) in [5.74, 6) is 1.58. The molecule has 0 spiro atoms. The molecule has 6 nitrogen and oxygen atoms in total. The van der Waals surface area contributed by atoms with Gasteiger partial charge in [0.05, 0.1) is 5.56 Å². The van der Waals surface area contributed by atoms with Gasteiger partial charge in [0, 0.05) is 5.75 Å². The molecule has 1 heterocycles. The van der Waals surface area contributed by atoms with E-state index < -0.39 is 29.4 Å². The van der Waals surface area contributed by atoms with Gasteiger partial charge >= 0.3 is 5.97 Å². The summed E-state index contributed by atoms with van der Waals surface area (Å²) in [5, 5.41) is 9.62. The number of rotatable bonds is 8. The minimum absolute atomic E-state index is 0.136. The molecule has 1 saturated heterocycles. The van der Waals surface area contributed by atoms with Gasteiger partial charge in [0.2, 0.25) is 0 Å². The Hall–Kier alpha value is -1.12. The van der Waals surface area contributed by atoms with Crippen LogP contribution in [-0.4, -0.2) is 46.1 Å². The zero-order valence-electron chi connectivity index (χ0n) is 16.8. The first kappa shape index (κ1) is 21.6. The maximum atomic E-state index is 12.6. The van der Waals surface area contributed by atoms with E-state index in [1.165, 1.54) is 6.42 Å². The highest BCUT2D eigenvalue weighted by Crippen LogP contribution is 2.48. The van der Waals surface area contributed by atoms with Crippen molar-refractivity contribution in [1.29, 1.82) is 0 Å². The topological polar surface area (TPSA) is 74.2 Å². The van der Waals surface area contributed by atoms with Crippen molar-refractivity contribution in [1.82, 2.24) is 0 Å². The first-order chi connectivity index (χ1) is 13.4. The molecular formula is C21H30O6S. The molecule has 2 bridgehead atoms. The molecule has 0 aromatic heterocycles. The van der Waals surface area contributed by atoms with E-state index in [-0.39, 0.29) is 5.92 Å². The Kier molecular flexibility index (Phi) is 7.04. The molecule has 156 valence electrons. The molecule has 1 aromatic rings. The summed E-state index contributed by atoms with van der Waals surface area (Å²) < 4.78 is 5.79. The van der Waals surface area contributed by atoms with Crippen molar-refractivity contribution >= 4 is 17.7 Å². The largest absolute Gasteiger partial charge is 0.455 e. The zero-order chi connectivity index (χ0) is 20.2. The fourth-order valence-corrected chi connectivity index (χ4v) is 5.20. The van der Waals surface area contributed by atoms with E-state index in [0.29, 0.717) is 18.4 Å². The Balaban J connectivity index is 1.73. The molecule has 3 rings (SSSR count). The number of esters is 1. The predicted molar refractivity (Wildman–Crippen MR) is 107 cm³/mol. The Bertz CT molecular complexity index is 656. The van der Waals surface area contributed by atoms with Gasteiger partial charge in [0.25, 0.3) is 0 Å². The van der Waals surface area contributed by atoms with E-state index in [4.69, 9.17) is 19.4 Å². The van der Waals surface area contributed by atoms with Crippen molar-refractivity contribution in [3.8, 4) is 0 Å². The third kappa shape index (κ3) is 4.39. The molecule has 1 unspecified atom stereocenters. The molecule has 0 radical (unpaired) electrons. The number of benzene rings is 1. The van der Waals surface area contributed by atoms with Gasteiger partial charge in [-0.1, -0.05) is 31.5 Å². The molecule has 0 amide bonds. The van der Waals surface area contributed by atoms with Crippen molar-refractivity contribution in [3.63, 3.8) is 0 Å². The third-order valence-electron chi connectivity index (χ3n) is 5.98. The molecule has 2 fully saturated rings. The summed E-state index contributed by atoms with van der Waals surface area (Å²) in [7, 11) is 0. The number of unbranched alkanes of at least 4 members (excludes halogenated alkanes) is 1. The Morgan fingerprint density at radius 1 is 1.29 bits per heavy atom. The van der Waals surface area contributed by atoms with Crippen LogP contribution in [0.1, 0.15) is 56.8 Å². The third-order valence-corrected chi connectivity index (χ3v) is 7.34. The maximum absolute atomic E-state index is 12.6. The van der Waals surface area contributed by atoms with Crippen LogP contribution in [-0.2, 0) is 19.4 Å². The molecule has 1 aliphatic heterocycles. The summed E-state index contributed by atoms with van der Waals surface area (Å²) >= 11 is 1.85. The fraction of sp³-hybridized carbons (Fsp3) is 0.667. The van der Waals surface area contributed by atoms with Crippen molar-refractivity contribution < 1.29 is 29.5 Å². The second kappa shape index (κ2) is 9.13. The van der Waals surface area contributed by atoms with Crippen LogP contribution in [0, 0.1) is 5.92 Å². The fourth-order valence-electron chi connectivity index (χ4n) is 3.88. The number of hydrogen-bond donors (Lipinski definition) is 1. The van der Waals surface area contributed by atoms with Crippen LogP contribution >= 0.6 is 11.8 Å². The summed E-state index contributed by atoms with van der Waals surface area (Å²) in [6.45, 7) is 5.92. The molecule has 2 aliphatic rings. The molecular weight excluding hydrogens is 380 g/mol. The van der Waals surface area contributed by atoms with Crippen LogP contribution in [0.5, 0.6) is 0 Å². The Labute approximate surface area is 170 Å². The monoisotopic (exact) mass is 410 g/mol. The van der Waals surface area contributed by atoms with Crippen molar-refractivity contribution in [2.45, 2.75) is 69.9 Å². The summed E-state index contributed by atoms with van der Waals surface area (Å²) in [5.41, 5.74) is -1.19. The quantitative estimate of drug-likeness (QED) is 0.293. The Morgan fingerprint density at radius 2 is 2.04 bits per heavy atom. The molecule has 1 N–H and O–H groups in total. The average molecular weight is 411 g/mol. The van der Waals surface area contributed by atoms with E-state index in [9.17, 15) is 10.1 Å². The van der Waals surface area contributed by atoms with Crippen LogP contribution in [0.4, 0.5) is 0 Å². The van der Waals surface area contributed by atoms with Crippen molar-refractivity contribution in [2.24, 2.45) is 5.92 Å². The van der Waals surface area contributed by atoms with Gasteiger partial charge in [-0.05, 0) is 56.9 Å². The van der Waals surface area contributed by atoms with Gasteiger partial charge in [-0.3, -0.25) is 5.26 Å². The van der Waals surface area contributed by atoms with Crippen molar-refractivity contribution in [2.75, 3.05) is 11.5 Å². The summed E-state index contributed by atoms with van der Waals surface area (Å²) in [6, 6.07) is 8.83. The molecule has 1 saturated carbocycles. The zero-order valence-corrected chi connectivity index (χ0v) is 17.6. The molecule has 1 aromatic carbocycles. The Morgan fingerprint density at radius 3 is 2.71 bits per heavy atom. The minimum atomic E-state index is -1.18. The van der Waals surface area contributed by atoms with E-state index >= 15 is 0 Å². The van der Waals surface area contributed by atoms with Crippen LogP contribution in [0.15, 0.2) is 30.3 Å². The smallest absolute Gasteiger partial charge is 0.338 e. The van der Waals surface area contributed by atoms with Crippen molar-refractivity contribution in [3.05, 3.63) is 35.9 Å². The number of ether oxygens (including phenoxy) is 1. The number of carbonyl (C=O) groups excluding carboxylic acids is 1. The lowest BCUT2D eigenvalue weighted by molar-refractivity contribution is -0.478. The van der Waals surface area contributed by atoms with E-state index in [0.717, 1.165) is 17.9 Å². The highest BCUT2D eigenvalue weighted by atomic mass is 32.2. The second-order valence-corrected chi connectivity index (χ2v) is 9.20. The van der Waals surface area contributed by atoms with Gasteiger partial charge in [-0.25, -0.2) is 19.5 Å². The average Bonchev–Trinajstić information content (AvgIpc) is 2.72. The molecule has 28 heavy (non-hydrogen) atoms. The standard InChI is InChI=1S/C21H30O6S/c1-4-5-11-28-14-20(2)16-12-17(21(3,26-23)18(13-16)25-27-20)24-19(22)15-9-7-6-8-10-15/h6-10,16-18,23H,4-5,11-14H2,1-3H3/t16-,17-,18-,20?,21-/m0/s1. The van der Waals surface area contributed by atoms with Crippen LogP contribution in [0.2, 0.25) is 0 Å². The lowest BCUT2D eigenvalue weighted by Gasteiger charge is -2.53. The highest BCUT2D eigenvalue weighted by molar-refractivity contribution is 7.99. The van der Waals surface area contributed by atoms with Crippen LogP contribution in [0.3, 0.4) is 0 Å². The lowest BCUT2D eigenvalue weighted by atomic mass is 9.69. The predicted octanol–water partition coefficient (Wildman–Crippen LogP) is 4.49. The SMILES string of the molecule is CCCCSCC1(C)OO[C@H]2C[C@@H]1C[C@H](OC(=O)c1ccccc1)[C@]2(C)OO. The highest BCUT2D eigenvalue weighted by Gasteiger charge is 2.59. The first-order valence-corrected chi connectivity index (χ1v) is 11.1. The normalized spacial score (nSPS) is 34.8. The van der Waals surface area contributed by atoms with E-state index in [2.05, 4.69) is 6.92 Å². The van der Waals surface area contributed by atoms with Gasteiger partial charge in [-0.2, -0.15) is 11.8 Å². The number of carbonyl (C=O) groups is 1. The number of fused-ring (bicyclic) bond motifs is 2. The lowest BCUT2D eigenvalue weighted by Crippen LogP contribution is -2.65. The van der Waals surface area contributed by atoms with Gasteiger partial charge in [-0.15, -0.1) is 0 Å². The van der Waals surface area contributed by atoms with Gasteiger partial charge in [0.1, 0.15) is 17.8 Å². The van der Waals surface area contributed by atoms with Crippen LogP contribution < -0.4 is 0 Å². The molecule has 5 atom stereocenters. The number of thioether (sulfide) groups is 1. The maximum Gasteiger partial charge on any atom is 0.338 e. The molecule has 1 aliphatic carbocycles.